The summed E-state index contributed by atoms with van der Waals surface area (Å²) in [6.07, 6.45) is 0. The maximum absolute atomic E-state index is 5.42. The molecule has 3 heteroatoms. The summed E-state index contributed by atoms with van der Waals surface area (Å²) in [6.45, 7) is 8.50. The Morgan fingerprint density at radius 2 is 1.64 bits per heavy atom. The van der Waals surface area contributed by atoms with E-state index in [0.29, 0.717) is 11.8 Å². The maximum atomic E-state index is 5.42. The monoisotopic (exact) mass is 160 g/mol. The van der Waals surface area contributed by atoms with Crippen molar-refractivity contribution in [3.05, 3.63) is 0 Å². The zero-order valence-corrected chi connectivity index (χ0v) is 7.59. The molecule has 0 radical (unpaired) electrons. The minimum absolute atomic E-state index is 0.246. The van der Waals surface area contributed by atoms with E-state index in [1.54, 1.807) is 0 Å². The van der Waals surface area contributed by atoms with Gasteiger partial charge in [0.05, 0.1) is 0 Å². The van der Waals surface area contributed by atoms with Gasteiger partial charge in [-0.1, -0.05) is 27.7 Å². The zero-order valence-electron chi connectivity index (χ0n) is 7.59. The molecule has 1 aliphatic heterocycles. The van der Waals surface area contributed by atoms with Crippen LogP contribution in [0.4, 0.5) is 0 Å². The lowest BCUT2D eigenvalue weighted by molar-refractivity contribution is -0.347. The van der Waals surface area contributed by atoms with Crippen molar-refractivity contribution in [3.8, 4) is 0 Å². The zero-order chi connectivity index (χ0) is 8.48. The molecule has 0 unspecified atom stereocenters. The predicted octanol–water partition coefficient (Wildman–Crippen LogP) is 1.93. The predicted molar refractivity (Wildman–Crippen MR) is 40.5 cm³/mol. The van der Waals surface area contributed by atoms with Gasteiger partial charge in [-0.15, -0.1) is 0 Å². The Bertz CT molecular complexity index is 115. The lowest BCUT2D eigenvalue weighted by Crippen LogP contribution is -2.41. The standard InChI is InChI=1S/C8H16O3/c1-6(2)8(7(3)4)9-5-10-11-8/h6-7H,5H2,1-4H3. The molecular formula is C8H16O3. The summed E-state index contributed by atoms with van der Waals surface area (Å²) in [7, 11) is 0. The summed E-state index contributed by atoms with van der Waals surface area (Å²) in [4.78, 5) is 9.90. The maximum Gasteiger partial charge on any atom is 0.208 e. The van der Waals surface area contributed by atoms with Gasteiger partial charge in [0.1, 0.15) is 0 Å². The molecule has 0 bridgehead atoms. The van der Waals surface area contributed by atoms with Crippen LogP contribution in [0.15, 0.2) is 0 Å². The molecule has 0 spiro atoms. The van der Waals surface area contributed by atoms with Gasteiger partial charge in [0.15, 0.2) is 6.79 Å². The average molecular weight is 160 g/mol. The lowest BCUT2D eigenvalue weighted by atomic mass is 9.92. The van der Waals surface area contributed by atoms with E-state index in [-0.39, 0.29) is 6.79 Å². The van der Waals surface area contributed by atoms with Crippen molar-refractivity contribution in [2.75, 3.05) is 6.79 Å². The summed E-state index contributed by atoms with van der Waals surface area (Å²) in [5, 5.41) is 0. The van der Waals surface area contributed by atoms with Gasteiger partial charge in [0.2, 0.25) is 5.79 Å². The van der Waals surface area contributed by atoms with Gasteiger partial charge >= 0.3 is 0 Å². The first-order valence-electron chi connectivity index (χ1n) is 4.04. The number of rotatable bonds is 2. The Labute approximate surface area is 67.6 Å². The topological polar surface area (TPSA) is 27.7 Å². The molecule has 0 aromatic heterocycles. The van der Waals surface area contributed by atoms with Crippen LogP contribution in [0, 0.1) is 11.8 Å². The van der Waals surface area contributed by atoms with Crippen LogP contribution in [0.2, 0.25) is 0 Å². The third-order valence-electron chi connectivity index (χ3n) is 2.13. The number of hydrogen-bond acceptors (Lipinski definition) is 3. The van der Waals surface area contributed by atoms with Crippen LogP contribution in [0.1, 0.15) is 27.7 Å². The van der Waals surface area contributed by atoms with Gasteiger partial charge in [-0.25, -0.2) is 4.89 Å². The van der Waals surface area contributed by atoms with Crippen molar-refractivity contribution in [1.82, 2.24) is 0 Å². The molecule has 1 fully saturated rings. The molecule has 0 amide bonds. The first kappa shape index (κ1) is 8.97. The SMILES string of the molecule is CC(C)C1(C(C)C)OCOO1. The molecule has 3 nitrogen and oxygen atoms in total. The molecule has 1 aliphatic rings. The van der Waals surface area contributed by atoms with E-state index in [0.717, 1.165) is 0 Å². The van der Waals surface area contributed by atoms with Gasteiger partial charge < -0.3 is 4.74 Å². The van der Waals surface area contributed by atoms with Crippen molar-refractivity contribution in [1.29, 1.82) is 0 Å². The largest absolute Gasteiger partial charge is 0.317 e. The van der Waals surface area contributed by atoms with Crippen LogP contribution in [0.5, 0.6) is 0 Å². The second-order valence-corrected chi connectivity index (χ2v) is 3.49. The Morgan fingerprint density at radius 1 is 1.09 bits per heavy atom. The highest BCUT2D eigenvalue weighted by Gasteiger charge is 2.44. The highest BCUT2D eigenvalue weighted by atomic mass is 17.3. The molecular weight excluding hydrogens is 144 g/mol. The molecule has 11 heavy (non-hydrogen) atoms. The molecule has 0 N–H and O–H groups in total. The molecule has 0 aliphatic carbocycles. The molecule has 66 valence electrons. The number of ether oxygens (including phenoxy) is 1. The Hall–Kier alpha value is -0.120. The summed E-state index contributed by atoms with van der Waals surface area (Å²) in [5.74, 6) is 0.0926. The van der Waals surface area contributed by atoms with Crippen molar-refractivity contribution in [3.63, 3.8) is 0 Å². The van der Waals surface area contributed by atoms with Gasteiger partial charge in [-0.05, 0) is 0 Å². The Morgan fingerprint density at radius 3 is 1.82 bits per heavy atom. The highest BCUT2D eigenvalue weighted by molar-refractivity contribution is 4.77. The second-order valence-electron chi connectivity index (χ2n) is 3.49. The average Bonchev–Trinajstić information content (AvgIpc) is 2.34. The number of hydrogen-bond donors (Lipinski definition) is 0. The molecule has 1 heterocycles. The molecule has 0 aromatic carbocycles. The first-order chi connectivity index (χ1) is 5.09. The van der Waals surface area contributed by atoms with Crippen LogP contribution in [-0.2, 0) is 14.5 Å². The molecule has 1 rings (SSSR count). The smallest absolute Gasteiger partial charge is 0.208 e. The molecule has 0 saturated carbocycles. The fraction of sp³-hybridized carbons (Fsp3) is 1.00. The molecule has 0 atom stereocenters. The minimum Gasteiger partial charge on any atom is -0.317 e. The van der Waals surface area contributed by atoms with Crippen LogP contribution < -0.4 is 0 Å². The van der Waals surface area contributed by atoms with Crippen LogP contribution in [0.3, 0.4) is 0 Å². The van der Waals surface area contributed by atoms with E-state index in [2.05, 4.69) is 27.7 Å². The third-order valence-corrected chi connectivity index (χ3v) is 2.13. The van der Waals surface area contributed by atoms with Crippen LogP contribution in [-0.4, -0.2) is 12.6 Å². The lowest BCUT2D eigenvalue weighted by Gasteiger charge is -2.32. The summed E-state index contributed by atoms with van der Waals surface area (Å²) in [5.41, 5.74) is 0. The van der Waals surface area contributed by atoms with E-state index in [4.69, 9.17) is 14.5 Å². The fourth-order valence-corrected chi connectivity index (χ4v) is 1.45. The first-order valence-corrected chi connectivity index (χ1v) is 4.04. The molecule has 1 saturated heterocycles. The van der Waals surface area contributed by atoms with Crippen LogP contribution in [0.25, 0.3) is 0 Å². The quantitative estimate of drug-likeness (QED) is 0.578. The van der Waals surface area contributed by atoms with Crippen molar-refractivity contribution in [2.24, 2.45) is 11.8 Å². The van der Waals surface area contributed by atoms with E-state index in [9.17, 15) is 0 Å². The summed E-state index contributed by atoms with van der Waals surface area (Å²) < 4.78 is 5.42. The van der Waals surface area contributed by atoms with Gasteiger partial charge in [-0.3, -0.25) is 0 Å². The van der Waals surface area contributed by atoms with Gasteiger partial charge in [0, 0.05) is 11.8 Å². The van der Waals surface area contributed by atoms with Crippen molar-refractivity contribution in [2.45, 2.75) is 33.5 Å². The highest BCUT2D eigenvalue weighted by Crippen LogP contribution is 2.35. The Kier molecular flexibility index (Phi) is 2.52. The molecule has 0 aromatic rings. The summed E-state index contributed by atoms with van der Waals surface area (Å²) in [6, 6.07) is 0. The van der Waals surface area contributed by atoms with Gasteiger partial charge in [0.25, 0.3) is 0 Å². The minimum atomic E-state index is -0.528. The fourth-order valence-electron chi connectivity index (χ4n) is 1.45. The van der Waals surface area contributed by atoms with E-state index < -0.39 is 5.79 Å². The normalized spacial score (nSPS) is 23.5. The van der Waals surface area contributed by atoms with Crippen molar-refractivity contribution < 1.29 is 14.5 Å². The van der Waals surface area contributed by atoms with E-state index in [1.165, 1.54) is 0 Å². The van der Waals surface area contributed by atoms with Gasteiger partial charge in [-0.2, -0.15) is 4.89 Å². The van der Waals surface area contributed by atoms with Crippen LogP contribution >= 0.6 is 0 Å². The van der Waals surface area contributed by atoms with Crippen molar-refractivity contribution >= 4 is 0 Å². The Balaban J connectivity index is 2.70. The summed E-state index contributed by atoms with van der Waals surface area (Å²) >= 11 is 0. The van der Waals surface area contributed by atoms with E-state index >= 15 is 0 Å². The third kappa shape index (κ3) is 1.41. The second kappa shape index (κ2) is 3.09. The van der Waals surface area contributed by atoms with E-state index in [1.807, 2.05) is 0 Å².